The predicted molar refractivity (Wildman–Crippen MR) is 80.6 cm³/mol. The first-order chi connectivity index (χ1) is 9.54. The molecular weight excluding hydrogens is 256 g/mol. The van der Waals surface area contributed by atoms with Crippen molar-refractivity contribution >= 4 is 0 Å². The number of aryl methyl sites for hydroxylation is 1. The molecule has 0 heterocycles. The summed E-state index contributed by atoms with van der Waals surface area (Å²) >= 11 is 0. The third-order valence-electron chi connectivity index (χ3n) is 3.16. The molecule has 0 radical (unpaired) electrons. The van der Waals surface area contributed by atoms with Gasteiger partial charge in [0.1, 0.15) is 11.6 Å². The number of benzene rings is 1. The fourth-order valence-corrected chi connectivity index (χ4v) is 1.93. The van der Waals surface area contributed by atoms with E-state index >= 15 is 0 Å². The summed E-state index contributed by atoms with van der Waals surface area (Å²) in [5.41, 5.74) is 1.20. The molecule has 0 aliphatic rings. The van der Waals surface area contributed by atoms with Crippen molar-refractivity contribution < 1.29 is 8.78 Å². The van der Waals surface area contributed by atoms with Gasteiger partial charge in [0, 0.05) is 19.7 Å². The first kappa shape index (κ1) is 16.4. The van der Waals surface area contributed by atoms with Crippen molar-refractivity contribution in [2.45, 2.75) is 33.1 Å². The van der Waals surface area contributed by atoms with Crippen LogP contribution in [0.1, 0.15) is 30.9 Å². The number of hydrogen-bond donors (Lipinski definition) is 0. The van der Waals surface area contributed by atoms with E-state index in [2.05, 4.69) is 11.8 Å². The van der Waals surface area contributed by atoms with Gasteiger partial charge in [-0.05, 0) is 49.2 Å². The maximum Gasteiger partial charge on any atom is 0.129 e. The van der Waals surface area contributed by atoms with Crippen LogP contribution in [0.4, 0.5) is 8.78 Å². The van der Waals surface area contributed by atoms with Crippen molar-refractivity contribution in [3.05, 3.63) is 59.3 Å². The quantitative estimate of drug-likeness (QED) is 0.658. The number of nitrogens with zero attached hydrogens (tertiary/aromatic N) is 1. The lowest BCUT2D eigenvalue weighted by atomic mass is 10.0. The summed E-state index contributed by atoms with van der Waals surface area (Å²) in [7, 11) is 2.03. The summed E-state index contributed by atoms with van der Waals surface area (Å²) in [6.45, 7) is 4.92. The highest BCUT2D eigenvalue weighted by Crippen LogP contribution is 2.16. The van der Waals surface area contributed by atoms with Crippen molar-refractivity contribution in [2.75, 3.05) is 13.6 Å². The molecule has 0 aliphatic carbocycles. The first-order valence-corrected chi connectivity index (χ1v) is 7.02. The number of rotatable bonds is 7. The van der Waals surface area contributed by atoms with Crippen LogP contribution in [0.3, 0.4) is 0 Å². The topological polar surface area (TPSA) is 3.24 Å². The normalized spacial score (nSPS) is 11.7. The lowest BCUT2D eigenvalue weighted by molar-refractivity contribution is 0.441. The third-order valence-corrected chi connectivity index (χ3v) is 3.16. The molecule has 0 fully saturated rings. The second-order valence-electron chi connectivity index (χ2n) is 4.99. The average Bonchev–Trinajstić information content (AvgIpc) is 2.38. The zero-order valence-electron chi connectivity index (χ0n) is 12.5. The Morgan fingerprint density at radius 2 is 1.95 bits per heavy atom. The van der Waals surface area contributed by atoms with Crippen LogP contribution in [-0.4, -0.2) is 18.5 Å². The molecular formula is C17H23F2N. The molecule has 0 amide bonds. The highest BCUT2D eigenvalue weighted by Gasteiger charge is 2.06. The van der Waals surface area contributed by atoms with Crippen LogP contribution in [0.5, 0.6) is 0 Å². The number of hydrogen-bond acceptors (Lipinski definition) is 1. The lowest BCUT2D eigenvalue weighted by Gasteiger charge is -2.11. The molecule has 20 heavy (non-hydrogen) atoms. The van der Waals surface area contributed by atoms with E-state index in [1.54, 1.807) is 6.92 Å². The molecule has 0 saturated heterocycles. The van der Waals surface area contributed by atoms with Gasteiger partial charge in [0.2, 0.25) is 0 Å². The molecule has 0 atom stereocenters. The van der Waals surface area contributed by atoms with E-state index in [0.29, 0.717) is 17.5 Å². The maximum absolute atomic E-state index is 13.6. The second-order valence-corrected chi connectivity index (χ2v) is 4.99. The molecule has 3 heteroatoms. The number of allylic oxidation sites excluding steroid dienone is 3. The molecule has 1 rings (SSSR count). The van der Waals surface area contributed by atoms with Crippen molar-refractivity contribution in [3.63, 3.8) is 0 Å². The van der Waals surface area contributed by atoms with Crippen LogP contribution in [0.25, 0.3) is 0 Å². The molecule has 0 aliphatic heterocycles. The summed E-state index contributed by atoms with van der Waals surface area (Å²) in [6.07, 6.45) is 10.5. The Balaban J connectivity index is 2.51. The van der Waals surface area contributed by atoms with Crippen LogP contribution >= 0.6 is 0 Å². The lowest BCUT2D eigenvalue weighted by Crippen LogP contribution is -2.11. The number of unbranched alkanes of at least 4 members (excludes halogenated alkanes) is 1. The predicted octanol–water partition coefficient (Wildman–Crippen LogP) is 4.62. The van der Waals surface area contributed by atoms with Gasteiger partial charge in [0.15, 0.2) is 0 Å². The Bertz CT molecular complexity index is 455. The zero-order valence-corrected chi connectivity index (χ0v) is 12.5. The Labute approximate surface area is 120 Å². The maximum atomic E-state index is 13.6. The molecule has 0 aromatic heterocycles. The zero-order chi connectivity index (χ0) is 15.0. The second kappa shape index (κ2) is 8.51. The van der Waals surface area contributed by atoms with Gasteiger partial charge in [0.05, 0.1) is 0 Å². The van der Waals surface area contributed by atoms with Crippen LogP contribution < -0.4 is 0 Å². The van der Waals surface area contributed by atoms with E-state index in [-0.39, 0.29) is 0 Å². The van der Waals surface area contributed by atoms with Crippen molar-refractivity contribution in [3.8, 4) is 0 Å². The summed E-state index contributed by atoms with van der Waals surface area (Å²) in [5.74, 6) is -0.999. The Morgan fingerprint density at radius 3 is 2.60 bits per heavy atom. The Hall–Kier alpha value is -1.64. The monoisotopic (exact) mass is 279 g/mol. The van der Waals surface area contributed by atoms with Gasteiger partial charge in [-0.25, -0.2) is 8.78 Å². The standard InChI is InChI=1S/C17H23F2N/c1-4-5-10-20(3)11-8-6-7-9-16-14(2)12-15(18)13-17(16)19/h6-8,11-13H,4-5,9-10H2,1-3H3/b7-6-,11-8-. The van der Waals surface area contributed by atoms with E-state index in [1.807, 2.05) is 31.5 Å². The van der Waals surface area contributed by atoms with E-state index < -0.39 is 11.6 Å². The molecule has 1 nitrogen and oxygen atoms in total. The fourth-order valence-electron chi connectivity index (χ4n) is 1.93. The first-order valence-electron chi connectivity index (χ1n) is 7.02. The van der Waals surface area contributed by atoms with E-state index in [9.17, 15) is 8.78 Å². The Morgan fingerprint density at radius 1 is 1.20 bits per heavy atom. The highest BCUT2D eigenvalue weighted by atomic mass is 19.1. The SMILES string of the molecule is CCCCN(C)/C=C\C=C/Cc1c(C)cc(F)cc1F. The van der Waals surface area contributed by atoms with Crippen LogP contribution in [0.15, 0.2) is 36.6 Å². The average molecular weight is 279 g/mol. The molecule has 110 valence electrons. The van der Waals surface area contributed by atoms with Crippen molar-refractivity contribution in [2.24, 2.45) is 0 Å². The largest absolute Gasteiger partial charge is 0.380 e. The summed E-state index contributed by atoms with van der Waals surface area (Å²) in [4.78, 5) is 2.12. The Kier molecular flexibility index (Phi) is 6.99. The minimum Gasteiger partial charge on any atom is -0.380 e. The van der Waals surface area contributed by atoms with Gasteiger partial charge < -0.3 is 4.90 Å². The molecule has 0 bridgehead atoms. The van der Waals surface area contributed by atoms with Gasteiger partial charge in [-0.2, -0.15) is 0 Å². The molecule has 0 unspecified atom stereocenters. The summed E-state index contributed by atoms with van der Waals surface area (Å²) in [5, 5.41) is 0. The molecule has 1 aromatic rings. The van der Waals surface area contributed by atoms with Crippen molar-refractivity contribution in [1.29, 1.82) is 0 Å². The van der Waals surface area contributed by atoms with Crippen LogP contribution in [0, 0.1) is 18.6 Å². The summed E-state index contributed by atoms with van der Waals surface area (Å²) < 4.78 is 26.6. The fraction of sp³-hybridized carbons (Fsp3) is 0.412. The van der Waals surface area contributed by atoms with Crippen LogP contribution in [0.2, 0.25) is 0 Å². The molecule has 0 N–H and O–H groups in total. The van der Waals surface area contributed by atoms with Gasteiger partial charge in [0.25, 0.3) is 0 Å². The van der Waals surface area contributed by atoms with Crippen LogP contribution in [-0.2, 0) is 6.42 Å². The molecule has 0 saturated carbocycles. The van der Waals surface area contributed by atoms with Gasteiger partial charge >= 0.3 is 0 Å². The van der Waals surface area contributed by atoms with E-state index in [1.165, 1.54) is 18.9 Å². The minimum atomic E-state index is -0.523. The van der Waals surface area contributed by atoms with Gasteiger partial charge in [-0.1, -0.05) is 25.5 Å². The van der Waals surface area contributed by atoms with Gasteiger partial charge in [-0.3, -0.25) is 0 Å². The molecule has 1 aromatic carbocycles. The van der Waals surface area contributed by atoms with E-state index in [0.717, 1.165) is 12.6 Å². The van der Waals surface area contributed by atoms with Crippen molar-refractivity contribution in [1.82, 2.24) is 4.90 Å². The third kappa shape index (κ3) is 5.55. The number of halogens is 2. The minimum absolute atomic E-state index is 0.473. The van der Waals surface area contributed by atoms with Gasteiger partial charge in [-0.15, -0.1) is 0 Å². The molecule has 0 spiro atoms. The van der Waals surface area contributed by atoms with E-state index in [4.69, 9.17) is 0 Å². The highest BCUT2D eigenvalue weighted by molar-refractivity contribution is 5.30. The smallest absolute Gasteiger partial charge is 0.129 e. The summed E-state index contributed by atoms with van der Waals surface area (Å²) in [6, 6.07) is 2.30.